The summed E-state index contributed by atoms with van der Waals surface area (Å²) in [6.45, 7) is 2.81. The van der Waals surface area contributed by atoms with Gasteiger partial charge >= 0.3 is 0 Å². The zero-order chi connectivity index (χ0) is 5.86. The van der Waals surface area contributed by atoms with Crippen LogP contribution in [0.5, 0.6) is 0 Å². The molecule has 0 rings (SSSR count). The Labute approximate surface area is 53.5 Å². The van der Waals surface area contributed by atoms with Crippen molar-refractivity contribution in [3.63, 3.8) is 0 Å². The smallest absolute Gasteiger partial charge is 0.137 e. The maximum Gasteiger partial charge on any atom is 0.137 e. The van der Waals surface area contributed by atoms with Crippen LogP contribution in [0.25, 0.3) is 0 Å². The van der Waals surface area contributed by atoms with E-state index in [1.54, 1.807) is 0 Å². The monoisotopic (exact) mass is 136 g/mol. The summed E-state index contributed by atoms with van der Waals surface area (Å²) < 4.78 is 0. The van der Waals surface area contributed by atoms with E-state index in [1.165, 1.54) is 13.8 Å². The highest BCUT2D eigenvalue weighted by atomic mass is 16.1. The molecule has 0 aromatic rings. The fraction of sp³-hybridized carbons (Fsp3) is 0.600. The molecule has 0 aliphatic heterocycles. The standard InChI is InChI=1S/C5H8O2.2H2O/c1-4(6)3-5(2)7;;/h3H2,1-2H3;2*1H2. The van der Waals surface area contributed by atoms with Crippen molar-refractivity contribution in [1.82, 2.24) is 0 Å². The summed E-state index contributed by atoms with van der Waals surface area (Å²) in [5.74, 6) is -0.125. The van der Waals surface area contributed by atoms with Crippen LogP contribution in [0.15, 0.2) is 0 Å². The Morgan fingerprint density at radius 1 is 1.00 bits per heavy atom. The average molecular weight is 136 g/mol. The molecule has 0 spiro atoms. The quantitative estimate of drug-likeness (QED) is 0.450. The molecule has 56 valence electrons. The van der Waals surface area contributed by atoms with Gasteiger partial charge in [0.15, 0.2) is 0 Å². The number of hydrogen-bond acceptors (Lipinski definition) is 2. The minimum absolute atomic E-state index is 0. The van der Waals surface area contributed by atoms with Crippen molar-refractivity contribution in [2.24, 2.45) is 0 Å². The molecule has 0 amide bonds. The Bertz CT molecular complexity index is 85.1. The first-order chi connectivity index (χ1) is 3.13. The second-order valence-corrected chi connectivity index (χ2v) is 1.58. The molecule has 0 unspecified atom stereocenters. The van der Waals surface area contributed by atoms with Gasteiger partial charge in [0.25, 0.3) is 0 Å². The maximum atomic E-state index is 10.0. The molecule has 0 fully saturated rings. The third-order valence-electron chi connectivity index (χ3n) is 0.498. The molecule has 4 nitrogen and oxygen atoms in total. The fourth-order valence-corrected chi connectivity index (χ4v) is 0.351. The van der Waals surface area contributed by atoms with Crippen molar-refractivity contribution < 1.29 is 20.5 Å². The number of rotatable bonds is 2. The Morgan fingerprint density at radius 2 is 1.22 bits per heavy atom. The molecule has 4 N–H and O–H groups in total. The van der Waals surface area contributed by atoms with Crippen LogP contribution in [0.3, 0.4) is 0 Å². The lowest BCUT2D eigenvalue weighted by molar-refractivity contribution is -0.124. The molecule has 0 aliphatic carbocycles. The number of hydrogen-bond donors (Lipinski definition) is 0. The van der Waals surface area contributed by atoms with E-state index in [0.29, 0.717) is 0 Å². The lowest BCUT2D eigenvalue weighted by Crippen LogP contribution is -1.97. The van der Waals surface area contributed by atoms with Crippen LogP contribution < -0.4 is 0 Å². The molecule has 0 radical (unpaired) electrons. The van der Waals surface area contributed by atoms with Crippen LogP contribution in [0.2, 0.25) is 0 Å². The normalized spacial score (nSPS) is 6.44. The van der Waals surface area contributed by atoms with Crippen LogP contribution in [0, 0.1) is 0 Å². The van der Waals surface area contributed by atoms with Gasteiger partial charge in [-0.15, -0.1) is 0 Å². The van der Waals surface area contributed by atoms with Crippen molar-refractivity contribution >= 4 is 11.6 Å². The summed E-state index contributed by atoms with van der Waals surface area (Å²) in [7, 11) is 0. The van der Waals surface area contributed by atoms with E-state index in [2.05, 4.69) is 0 Å². The highest BCUT2D eigenvalue weighted by molar-refractivity contribution is 5.96. The van der Waals surface area contributed by atoms with Gasteiger partial charge in [-0.3, -0.25) is 9.59 Å². The SMILES string of the molecule is CC(=O)CC(C)=O.O.O. The van der Waals surface area contributed by atoms with E-state index in [1.807, 2.05) is 0 Å². The summed E-state index contributed by atoms with van der Waals surface area (Å²) in [6.07, 6.45) is 0.0833. The Balaban J connectivity index is -0.000000180. The summed E-state index contributed by atoms with van der Waals surface area (Å²) in [5.41, 5.74) is 0. The molecule has 0 atom stereocenters. The molecular formula is C5H12O4. The van der Waals surface area contributed by atoms with Gasteiger partial charge in [0, 0.05) is 0 Å². The van der Waals surface area contributed by atoms with Crippen molar-refractivity contribution in [3.05, 3.63) is 0 Å². The zero-order valence-electron chi connectivity index (χ0n) is 5.52. The first-order valence-corrected chi connectivity index (χ1v) is 2.12. The lowest BCUT2D eigenvalue weighted by atomic mass is 10.2. The summed E-state index contributed by atoms with van der Waals surface area (Å²) in [5, 5.41) is 0. The van der Waals surface area contributed by atoms with E-state index < -0.39 is 0 Å². The van der Waals surface area contributed by atoms with Gasteiger partial charge < -0.3 is 11.0 Å². The van der Waals surface area contributed by atoms with Crippen LogP contribution >= 0.6 is 0 Å². The summed E-state index contributed by atoms with van der Waals surface area (Å²) >= 11 is 0. The molecule has 0 saturated carbocycles. The average Bonchev–Trinajstić information content (AvgIpc) is 1.27. The van der Waals surface area contributed by atoms with E-state index in [0.717, 1.165) is 0 Å². The van der Waals surface area contributed by atoms with Crippen LogP contribution in [-0.4, -0.2) is 22.5 Å². The molecule has 0 saturated heterocycles. The van der Waals surface area contributed by atoms with Crippen LogP contribution in [0.1, 0.15) is 20.3 Å². The van der Waals surface area contributed by atoms with E-state index in [4.69, 9.17) is 0 Å². The van der Waals surface area contributed by atoms with Crippen molar-refractivity contribution in [2.75, 3.05) is 0 Å². The molecular weight excluding hydrogens is 124 g/mol. The van der Waals surface area contributed by atoms with Crippen molar-refractivity contribution in [2.45, 2.75) is 20.3 Å². The highest BCUT2D eigenvalue weighted by Gasteiger charge is 1.94. The zero-order valence-corrected chi connectivity index (χ0v) is 5.52. The predicted molar refractivity (Wildman–Crippen MR) is 33.2 cm³/mol. The first-order valence-electron chi connectivity index (χ1n) is 2.12. The lowest BCUT2D eigenvalue weighted by Gasteiger charge is -1.81. The minimum atomic E-state index is -0.0625. The topological polar surface area (TPSA) is 97.1 Å². The highest BCUT2D eigenvalue weighted by Crippen LogP contribution is 1.80. The minimum Gasteiger partial charge on any atom is -0.412 e. The number of Topliss-reactive ketones (excluding diaryl/α,β-unsaturated/α-hetero) is 2. The van der Waals surface area contributed by atoms with Gasteiger partial charge in [0.05, 0.1) is 6.42 Å². The second kappa shape index (κ2) is 7.26. The number of carbonyl (C=O) groups excluding carboxylic acids is 2. The Kier molecular flexibility index (Phi) is 12.7. The molecule has 9 heavy (non-hydrogen) atoms. The van der Waals surface area contributed by atoms with Gasteiger partial charge in [0.1, 0.15) is 11.6 Å². The largest absolute Gasteiger partial charge is 0.412 e. The van der Waals surface area contributed by atoms with E-state index in [9.17, 15) is 9.59 Å². The summed E-state index contributed by atoms with van der Waals surface area (Å²) in [6, 6.07) is 0. The second-order valence-electron chi connectivity index (χ2n) is 1.58. The van der Waals surface area contributed by atoms with Crippen LogP contribution in [-0.2, 0) is 9.59 Å². The molecule has 0 aromatic heterocycles. The van der Waals surface area contributed by atoms with Gasteiger partial charge in [-0.25, -0.2) is 0 Å². The van der Waals surface area contributed by atoms with E-state index in [-0.39, 0.29) is 28.9 Å². The van der Waals surface area contributed by atoms with E-state index >= 15 is 0 Å². The van der Waals surface area contributed by atoms with Gasteiger partial charge in [-0.2, -0.15) is 0 Å². The van der Waals surface area contributed by atoms with Gasteiger partial charge in [-0.05, 0) is 13.8 Å². The molecule has 0 heterocycles. The molecule has 0 aromatic carbocycles. The Morgan fingerprint density at radius 3 is 1.22 bits per heavy atom. The van der Waals surface area contributed by atoms with Gasteiger partial charge in [-0.1, -0.05) is 0 Å². The Hall–Kier alpha value is -0.740. The molecule has 4 heteroatoms. The first kappa shape index (κ1) is 15.7. The maximum absolute atomic E-state index is 10.0. The van der Waals surface area contributed by atoms with Crippen LogP contribution in [0.4, 0.5) is 0 Å². The number of carbonyl (C=O) groups is 2. The van der Waals surface area contributed by atoms with Crippen molar-refractivity contribution in [1.29, 1.82) is 0 Å². The number of ketones is 2. The third kappa shape index (κ3) is 18.9. The van der Waals surface area contributed by atoms with Crippen molar-refractivity contribution in [3.8, 4) is 0 Å². The third-order valence-corrected chi connectivity index (χ3v) is 0.498. The fourth-order valence-electron chi connectivity index (χ4n) is 0.351. The molecule has 0 bridgehead atoms. The van der Waals surface area contributed by atoms with Gasteiger partial charge in [0.2, 0.25) is 0 Å². The predicted octanol–water partition coefficient (Wildman–Crippen LogP) is -1.09. The molecule has 0 aliphatic rings. The summed E-state index contributed by atoms with van der Waals surface area (Å²) in [4.78, 5) is 20.1.